The molecule has 0 atom stereocenters. The van der Waals surface area contributed by atoms with Gasteiger partial charge in [-0.15, -0.1) is 10.2 Å². The number of nitrogens with zero attached hydrogens (tertiary/aromatic N) is 2. The summed E-state index contributed by atoms with van der Waals surface area (Å²) in [5.41, 5.74) is 1.95. The van der Waals surface area contributed by atoms with Crippen LogP contribution >= 0.6 is 11.3 Å². The Morgan fingerprint density at radius 1 is 1.09 bits per heavy atom. The van der Waals surface area contributed by atoms with E-state index in [2.05, 4.69) is 15.5 Å². The van der Waals surface area contributed by atoms with Crippen molar-refractivity contribution < 1.29 is 15.0 Å². The lowest BCUT2D eigenvalue weighted by Gasteiger charge is -2.02. The number of phenolic OH excluding ortho intramolecular Hbond substituents is 2. The van der Waals surface area contributed by atoms with Crippen LogP contribution in [0.2, 0.25) is 0 Å². The Balaban J connectivity index is 1.81. The van der Waals surface area contributed by atoms with Crippen molar-refractivity contribution in [3.8, 4) is 22.1 Å². The number of amides is 1. The minimum absolute atomic E-state index is 0.233. The standard InChI is InChI=1S/C16H13N3O3S/c1-9-5-7-10(8-6-9)14(22)17-16-19-18-15(23-16)11-3-2-4-12(20)13(11)21/h2-8,20-21H,1H3,(H,17,19,22). The summed E-state index contributed by atoms with van der Waals surface area (Å²) in [6.07, 6.45) is 0. The predicted molar refractivity (Wildman–Crippen MR) is 87.8 cm³/mol. The molecule has 1 amide bonds. The van der Waals surface area contributed by atoms with Gasteiger partial charge in [-0.3, -0.25) is 10.1 Å². The van der Waals surface area contributed by atoms with E-state index in [0.717, 1.165) is 16.9 Å². The Morgan fingerprint density at radius 2 is 1.83 bits per heavy atom. The second-order valence-electron chi connectivity index (χ2n) is 4.91. The van der Waals surface area contributed by atoms with Gasteiger partial charge in [0.2, 0.25) is 5.13 Å². The monoisotopic (exact) mass is 327 g/mol. The average Bonchev–Trinajstić information content (AvgIpc) is 2.99. The highest BCUT2D eigenvalue weighted by atomic mass is 32.1. The molecule has 0 bridgehead atoms. The van der Waals surface area contributed by atoms with Gasteiger partial charge < -0.3 is 10.2 Å². The van der Waals surface area contributed by atoms with Gasteiger partial charge in [0.25, 0.3) is 5.91 Å². The van der Waals surface area contributed by atoms with E-state index in [0.29, 0.717) is 21.3 Å². The first-order chi connectivity index (χ1) is 11.0. The zero-order valence-electron chi connectivity index (χ0n) is 12.1. The van der Waals surface area contributed by atoms with Crippen LogP contribution in [0.1, 0.15) is 15.9 Å². The van der Waals surface area contributed by atoms with Crippen molar-refractivity contribution in [2.24, 2.45) is 0 Å². The van der Waals surface area contributed by atoms with Crippen molar-refractivity contribution in [2.75, 3.05) is 5.32 Å². The van der Waals surface area contributed by atoms with E-state index in [-0.39, 0.29) is 17.4 Å². The van der Waals surface area contributed by atoms with E-state index in [9.17, 15) is 15.0 Å². The van der Waals surface area contributed by atoms with Crippen LogP contribution in [0.25, 0.3) is 10.6 Å². The van der Waals surface area contributed by atoms with Gasteiger partial charge in [0.05, 0.1) is 5.56 Å². The van der Waals surface area contributed by atoms with Crippen LogP contribution in [0, 0.1) is 6.92 Å². The number of benzene rings is 2. The number of aromatic hydroxyl groups is 2. The molecule has 6 nitrogen and oxygen atoms in total. The van der Waals surface area contributed by atoms with Gasteiger partial charge in [0, 0.05) is 5.56 Å². The Morgan fingerprint density at radius 3 is 2.57 bits per heavy atom. The maximum Gasteiger partial charge on any atom is 0.257 e. The summed E-state index contributed by atoms with van der Waals surface area (Å²) in [5.74, 6) is -0.782. The molecule has 116 valence electrons. The number of carbonyl (C=O) groups excluding carboxylic acids is 1. The molecule has 0 spiro atoms. The molecule has 23 heavy (non-hydrogen) atoms. The van der Waals surface area contributed by atoms with E-state index in [1.807, 2.05) is 19.1 Å². The molecule has 3 N–H and O–H groups in total. The number of hydrogen-bond donors (Lipinski definition) is 3. The molecule has 7 heteroatoms. The van der Waals surface area contributed by atoms with E-state index >= 15 is 0 Å². The third-order valence-corrected chi connectivity index (χ3v) is 4.08. The van der Waals surface area contributed by atoms with Crippen molar-refractivity contribution >= 4 is 22.4 Å². The highest BCUT2D eigenvalue weighted by Gasteiger charge is 2.15. The quantitative estimate of drug-likeness (QED) is 0.642. The fourth-order valence-corrected chi connectivity index (χ4v) is 2.73. The largest absolute Gasteiger partial charge is 0.504 e. The fraction of sp³-hybridized carbons (Fsp3) is 0.0625. The highest BCUT2D eigenvalue weighted by Crippen LogP contribution is 2.38. The van der Waals surface area contributed by atoms with Crippen molar-refractivity contribution in [2.45, 2.75) is 6.92 Å². The normalized spacial score (nSPS) is 10.5. The number of anilines is 1. The molecule has 0 aliphatic carbocycles. The lowest BCUT2D eigenvalue weighted by atomic mass is 10.1. The second-order valence-corrected chi connectivity index (χ2v) is 5.88. The fourth-order valence-electron chi connectivity index (χ4n) is 1.96. The number of hydrogen-bond acceptors (Lipinski definition) is 6. The number of rotatable bonds is 3. The van der Waals surface area contributed by atoms with Crippen molar-refractivity contribution in [1.29, 1.82) is 0 Å². The van der Waals surface area contributed by atoms with Gasteiger partial charge in [-0.05, 0) is 31.2 Å². The molecule has 0 radical (unpaired) electrons. The van der Waals surface area contributed by atoms with Gasteiger partial charge >= 0.3 is 0 Å². The molecule has 0 aliphatic rings. The molecule has 2 aromatic carbocycles. The molecule has 0 saturated carbocycles. The zero-order chi connectivity index (χ0) is 16.4. The SMILES string of the molecule is Cc1ccc(C(=O)Nc2nnc(-c3cccc(O)c3O)s2)cc1. The maximum absolute atomic E-state index is 12.1. The summed E-state index contributed by atoms with van der Waals surface area (Å²) in [6.45, 7) is 1.94. The number of para-hydroxylation sites is 1. The molecular weight excluding hydrogens is 314 g/mol. The van der Waals surface area contributed by atoms with Gasteiger partial charge in [-0.2, -0.15) is 0 Å². The van der Waals surface area contributed by atoms with Crippen molar-refractivity contribution in [1.82, 2.24) is 10.2 Å². The molecule has 3 aromatic rings. The van der Waals surface area contributed by atoms with Crippen molar-refractivity contribution in [3.63, 3.8) is 0 Å². The Bertz CT molecular complexity index is 859. The summed E-state index contributed by atoms with van der Waals surface area (Å²) in [4.78, 5) is 12.1. The summed E-state index contributed by atoms with van der Waals surface area (Å²) in [5, 5.41) is 30.6. The number of aryl methyl sites for hydroxylation is 1. The lowest BCUT2D eigenvalue weighted by Crippen LogP contribution is -2.11. The Kier molecular flexibility index (Phi) is 3.94. The molecule has 1 aromatic heterocycles. The van der Waals surface area contributed by atoms with Crippen LogP contribution in [0.4, 0.5) is 5.13 Å². The first-order valence-corrected chi connectivity index (χ1v) is 7.59. The van der Waals surface area contributed by atoms with Crippen LogP contribution in [-0.4, -0.2) is 26.3 Å². The molecule has 0 unspecified atom stereocenters. The van der Waals surface area contributed by atoms with E-state index in [4.69, 9.17) is 0 Å². The van der Waals surface area contributed by atoms with E-state index < -0.39 is 0 Å². The van der Waals surface area contributed by atoms with E-state index in [1.54, 1.807) is 24.3 Å². The van der Waals surface area contributed by atoms with Crippen molar-refractivity contribution in [3.05, 3.63) is 53.6 Å². The Labute approximate surface area is 136 Å². The van der Waals surface area contributed by atoms with Gasteiger partial charge in [-0.1, -0.05) is 35.1 Å². The topological polar surface area (TPSA) is 95.3 Å². The first kappa shape index (κ1) is 15.0. The molecule has 0 saturated heterocycles. The highest BCUT2D eigenvalue weighted by molar-refractivity contribution is 7.18. The molecule has 0 aliphatic heterocycles. The van der Waals surface area contributed by atoms with Gasteiger partial charge in [0.15, 0.2) is 16.5 Å². The minimum Gasteiger partial charge on any atom is -0.504 e. The van der Waals surface area contributed by atoms with E-state index in [1.165, 1.54) is 6.07 Å². The van der Waals surface area contributed by atoms with Crippen LogP contribution in [0.3, 0.4) is 0 Å². The maximum atomic E-state index is 12.1. The average molecular weight is 327 g/mol. The third kappa shape index (κ3) is 3.14. The molecule has 1 heterocycles. The number of nitrogens with one attached hydrogen (secondary N) is 1. The summed E-state index contributed by atoms with van der Waals surface area (Å²) < 4.78 is 0. The number of phenols is 2. The third-order valence-electron chi connectivity index (χ3n) is 3.20. The smallest absolute Gasteiger partial charge is 0.257 e. The molecule has 0 fully saturated rings. The molecular formula is C16H13N3O3S. The van der Waals surface area contributed by atoms with Gasteiger partial charge in [0.1, 0.15) is 0 Å². The lowest BCUT2D eigenvalue weighted by molar-refractivity contribution is 0.102. The molecule has 3 rings (SSSR count). The minimum atomic E-state index is -0.284. The number of carbonyl (C=O) groups is 1. The van der Waals surface area contributed by atoms with Crippen LogP contribution < -0.4 is 5.32 Å². The van der Waals surface area contributed by atoms with Gasteiger partial charge in [-0.25, -0.2) is 0 Å². The Hall–Kier alpha value is -2.93. The summed E-state index contributed by atoms with van der Waals surface area (Å²) in [7, 11) is 0. The van der Waals surface area contributed by atoms with Crippen LogP contribution in [0.5, 0.6) is 11.5 Å². The first-order valence-electron chi connectivity index (χ1n) is 6.77. The predicted octanol–water partition coefficient (Wildman–Crippen LogP) is 3.18. The number of aromatic nitrogens is 2. The van der Waals surface area contributed by atoms with Crippen LogP contribution in [0.15, 0.2) is 42.5 Å². The summed E-state index contributed by atoms with van der Waals surface area (Å²) in [6, 6.07) is 11.7. The zero-order valence-corrected chi connectivity index (χ0v) is 13.0. The summed E-state index contributed by atoms with van der Waals surface area (Å²) >= 11 is 1.11. The second kappa shape index (κ2) is 6.05. The van der Waals surface area contributed by atoms with Crippen LogP contribution in [-0.2, 0) is 0 Å².